The van der Waals surface area contributed by atoms with Crippen LogP contribution in [0.5, 0.6) is 5.75 Å². The molecule has 0 spiro atoms. The lowest BCUT2D eigenvalue weighted by molar-refractivity contribution is -0.115. The highest BCUT2D eigenvalue weighted by molar-refractivity contribution is 7.07. The Kier molecular flexibility index (Phi) is 4.94. The lowest BCUT2D eigenvalue weighted by Crippen LogP contribution is -2.27. The summed E-state index contributed by atoms with van der Waals surface area (Å²) in [4.78, 5) is 11.7. The second-order valence-electron chi connectivity index (χ2n) is 4.01. The Morgan fingerprint density at radius 1 is 1.26 bits per heavy atom. The van der Waals surface area contributed by atoms with Crippen LogP contribution in [-0.4, -0.2) is 19.6 Å². The fourth-order valence-corrected chi connectivity index (χ4v) is 2.26. The molecule has 2 aromatic rings. The van der Waals surface area contributed by atoms with Crippen LogP contribution >= 0.6 is 11.3 Å². The standard InChI is InChI=1S/C14H16N2O2S/c1-18-13-4-2-12(3-5-13)16-14(17)9-15-8-11-6-7-19-10-11/h2-7,10,15H,8-9H2,1H3,(H,16,17). The Balaban J connectivity index is 1.74. The first-order valence-corrected chi connectivity index (χ1v) is 6.88. The summed E-state index contributed by atoms with van der Waals surface area (Å²) in [5.74, 6) is 0.717. The van der Waals surface area contributed by atoms with E-state index in [0.29, 0.717) is 13.1 Å². The van der Waals surface area contributed by atoms with Crippen molar-refractivity contribution in [2.45, 2.75) is 6.54 Å². The fourth-order valence-electron chi connectivity index (χ4n) is 1.59. The van der Waals surface area contributed by atoms with Crippen molar-refractivity contribution in [2.75, 3.05) is 19.0 Å². The third-order valence-corrected chi connectivity index (χ3v) is 3.30. The van der Waals surface area contributed by atoms with Crippen LogP contribution < -0.4 is 15.4 Å². The molecule has 0 fully saturated rings. The largest absolute Gasteiger partial charge is 0.497 e. The molecule has 0 saturated carbocycles. The number of benzene rings is 1. The number of carbonyl (C=O) groups is 1. The van der Waals surface area contributed by atoms with Crippen molar-refractivity contribution < 1.29 is 9.53 Å². The molecule has 0 radical (unpaired) electrons. The molecule has 4 nitrogen and oxygen atoms in total. The predicted octanol–water partition coefficient (Wildman–Crippen LogP) is 2.49. The number of amides is 1. The summed E-state index contributed by atoms with van der Waals surface area (Å²) in [5.41, 5.74) is 1.96. The van der Waals surface area contributed by atoms with Gasteiger partial charge in [0, 0.05) is 12.2 Å². The number of nitrogens with one attached hydrogen (secondary N) is 2. The number of methoxy groups -OCH3 is 1. The highest BCUT2D eigenvalue weighted by atomic mass is 32.1. The van der Waals surface area contributed by atoms with Crippen LogP contribution in [0.25, 0.3) is 0 Å². The van der Waals surface area contributed by atoms with Crippen LogP contribution in [0.3, 0.4) is 0 Å². The summed E-state index contributed by atoms with van der Waals surface area (Å²) in [6, 6.07) is 9.30. The number of thiophene rings is 1. The summed E-state index contributed by atoms with van der Waals surface area (Å²) >= 11 is 1.65. The van der Waals surface area contributed by atoms with E-state index in [1.807, 2.05) is 35.7 Å². The molecule has 0 aliphatic rings. The monoisotopic (exact) mass is 276 g/mol. The van der Waals surface area contributed by atoms with Crippen LogP contribution in [0.2, 0.25) is 0 Å². The molecule has 5 heteroatoms. The van der Waals surface area contributed by atoms with E-state index in [9.17, 15) is 4.79 Å². The van der Waals surface area contributed by atoms with Gasteiger partial charge in [-0.15, -0.1) is 0 Å². The van der Waals surface area contributed by atoms with Gasteiger partial charge in [-0.2, -0.15) is 11.3 Å². The van der Waals surface area contributed by atoms with E-state index >= 15 is 0 Å². The van der Waals surface area contributed by atoms with Gasteiger partial charge in [0.05, 0.1) is 13.7 Å². The molecular formula is C14H16N2O2S. The third kappa shape index (κ3) is 4.39. The highest BCUT2D eigenvalue weighted by Crippen LogP contribution is 2.14. The second-order valence-corrected chi connectivity index (χ2v) is 4.79. The van der Waals surface area contributed by atoms with Crippen molar-refractivity contribution in [1.82, 2.24) is 5.32 Å². The van der Waals surface area contributed by atoms with Crippen molar-refractivity contribution in [3.8, 4) is 5.75 Å². The number of rotatable bonds is 6. The van der Waals surface area contributed by atoms with Gasteiger partial charge < -0.3 is 15.4 Å². The van der Waals surface area contributed by atoms with Crippen LogP contribution in [0.15, 0.2) is 41.1 Å². The third-order valence-electron chi connectivity index (χ3n) is 2.57. The van der Waals surface area contributed by atoms with E-state index in [2.05, 4.69) is 16.0 Å². The number of hydrogen-bond acceptors (Lipinski definition) is 4. The maximum absolute atomic E-state index is 11.7. The van der Waals surface area contributed by atoms with Gasteiger partial charge >= 0.3 is 0 Å². The molecular weight excluding hydrogens is 260 g/mol. The molecule has 1 amide bonds. The Labute approximate surface area is 116 Å². The maximum atomic E-state index is 11.7. The minimum Gasteiger partial charge on any atom is -0.497 e. The Bertz CT molecular complexity index is 509. The van der Waals surface area contributed by atoms with Gasteiger partial charge in [-0.05, 0) is 46.7 Å². The molecule has 19 heavy (non-hydrogen) atoms. The van der Waals surface area contributed by atoms with Gasteiger partial charge in [-0.3, -0.25) is 4.79 Å². The van der Waals surface area contributed by atoms with E-state index in [0.717, 1.165) is 11.4 Å². The summed E-state index contributed by atoms with van der Waals surface area (Å²) < 4.78 is 5.06. The molecule has 0 saturated heterocycles. The van der Waals surface area contributed by atoms with Crippen molar-refractivity contribution >= 4 is 22.9 Å². The normalized spacial score (nSPS) is 10.2. The van der Waals surface area contributed by atoms with Crippen molar-refractivity contribution in [2.24, 2.45) is 0 Å². The summed E-state index contributed by atoms with van der Waals surface area (Å²) in [6.45, 7) is 1.00. The number of carbonyl (C=O) groups excluding carboxylic acids is 1. The van der Waals surface area contributed by atoms with Crippen molar-refractivity contribution in [1.29, 1.82) is 0 Å². The van der Waals surface area contributed by atoms with E-state index < -0.39 is 0 Å². The van der Waals surface area contributed by atoms with E-state index in [4.69, 9.17) is 4.74 Å². The summed E-state index contributed by atoms with van der Waals surface area (Å²) in [5, 5.41) is 10.0. The molecule has 0 aliphatic carbocycles. The van der Waals surface area contributed by atoms with E-state index in [1.165, 1.54) is 5.56 Å². The molecule has 1 aromatic carbocycles. The quantitative estimate of drug-likeness (QED) is 0.852. The lowest BCUT2D eigenvalue weighted by Gasteiger charge is -2.07. The number of hydrogen-bond donors (Lipinski definition) is 2. The van der Waals surface area contributed by atoms with Crippen molar-refractivity contribution in [3.05, 3.63) is 46.7 Å². The SMILES string of the molecule is COc1ccc(NC(=O)CNCc2ccsc2)cc1. The molecule has 100 valence electrons. The maximum Gasteiger partial charge on any atom is 0.238 e. The van der Waals surface area contributed by atoms with Crippen molar-refractivity contribution in [3.63, 3.8) is 0 Å². The van der Waals surface area contributed by atoms with Crippen LogP contribution in [-0.2, 0) is 11.3 Å². The average molecular weight is 276 g/mol. The average Bonchev–Trinajstić information content (AvgIpc) is 2.93. The molecule has 2 rings (SSSR count). The first kappa shape index (κ1) is 13.6. The smallest absolute Gasteiger partial charge is 0.238 e. The topological polar surface area (TPSA) is 50.4 Å². The Hall–Kier alpha value is -1.85. The fraction of sp³-hybridized carbons (Fsp3) is 0.214. The zero-order valence-electron chi connectivity index (χ0n) is 10.7. The molecule has 0 atom stereocenters. The van der Waals surface area contributed by atoms with E-state index in [-0.39, 0.29) is 5.91 Å². The first-order chi connectivity index (χ1) is 9.28. The van der Waals surface area contributed by atoms with E-state index in [1.54, 1.807) is 18.4 Å². The van der Waals surface area contributed by atoms with Gasteiger partial charge in [-0.25, -0.2) is 0 Å². The molecule has 0 unspecified atom stereocenters. The van der Waals surface area contributed by atoms with Gasteiger partial charge in [0.25, 0.3) is 0 Å². The molecule has 0 aliphatic heterocycles. The highest BCUT2D eigenvalue weighted by Gasteiger charge is 2.02. The predicted molar refractivity (Wildman–Crippen MR) is 77.6 cm³/mol. The van der Waals surface area contributed by atoms with Gasteiger partial charge in [-0.1, -0.05) is 0 Å². The molecule has 2 N–H and O–H groups in total. The zero-order chi connectivity index (χ0) is 13.5. The molecule has 1 aromatic heterocycles. The van der Waals surface area contributed by atoms with Crippen LogP contribution in [0, 0.1) is 0 Å². The summed E-state index contributed by atoms with van der Waals surface area (Å²) in [7, 11) is 1.61. The minimum atomic E-state index is -0.0552. The Morgan fingerprint density at radius 3 is 2.68 bits per heavy atom. The Morgan fingerprint density at radius 2 is 2.05 bits per heavy atom. The summed E-state index contributed by atoms with van der Waals surface area (Å²) in [6.07, 6.45) is 0. The van der Waals surface area contributed by atoms with Crippen LogP contribution in [0.4, 0.5) is 5.69 Å². The van der Waals surface area contributed by atoms with Gasteiger partial charge in [0.1, 0.15) is 5.75 Å². The first-order valence-electron chi connectivity index (χ1n) is 5.93. The minimum absolute atomic E-state index is 0.0552. The lowest BCUT2D eigenvalue weighted by atomic mass is 10.3. The zero-order valence-corrected chi connectivity index (χ0v) is 11.5. The van der Waals surface area contributed by atoms with Crippen LogP contribution in [0.1, 0.15) is 5.56 Å². The van der Waals surface area contributed by atoms with Gasteiger partial charge in [0.15, 0.2) is 0 Å². The number of anilines is 1. The number of ether oxygens (including phenoxy) is 1. The van der Waals surface area contributed by atoms with Gasteiger partial charge in [0.2, 0.25) is 5.91 Å². The molecule has 0 bridgehead atoms. The second kappa shape index (κ2) is 6.92. The molecule has 1 heterocycles.